The van der Waals surface area contributed by atoms with E-state index in [1.807, 2.05) is 43.2 Å². The zero-order valence-electron chi connectivity index (χ0n) is 17.4. The summed E-state index contributed by atoms with van der Waals surface area (Å²) in [6.45, 7) is 4.88. The second-order valence-corrected chi connectivity index (χ2v) is 8.91. The molecule has 0 spiro atoms. The number of benzene rings is 1. The molecule has 1 fully saturated rings. The van der Waals surface area contributed by atoms with Crippen LogP contribution in [0.1, 0.15) is 40.3 Å². The Labute approximate surface area is 176 Å². The highest BCUT2D eigenvalue weighted by atomic mass is 32.1. The first kappa shape index (κ1) is 19.7. The zero-order valence-corrected chi connectivity index (χ0v) is 18.2. The Morgan fingerprint density at radius 3 is 2.55 bits per heavy atom. The van der Waals surface area contributed by atoms with E-state index >= 15 is 0 Å². The molecule has 152 valence electrons. The standard InChI is InChI=1S/C23H28N4OS/c1-17-24-21(16-29-17)19-13-22(25(2)15-19)23(28)26(3)14-18-7-9-20(10-8-18)27-11-5-4-6-12-27/h7-10,13,15-16H,4-6,11-12,14H2,1-3H3. The van der Waals surface area contributed by atoms with Gasteiger partial charge in [-0.3, -0.25) is 4.79 Å². The number of hydrogen-bond acceptors (Lipinski definition) is 4. The number of rotatable bonds is 5. The summed E-state index contributed by atoms with van der Waals surface area (Å²) in [6, 6.07) is 10.6. The van der Waals surface area contributed by atoms with Crippen molar-refractivity contribution in [2.24, 2.45) is 7.05 Å². The maximum atomic E-state index is 13.0. The molecule has 1 aromatic carbocycles. The van der Waals surface area contributed by atoms with Gasteiger partial charge in [-0.1, -0.05) is 12.1 Å². The normalized spacial score (nSPS) is 14.2. The number of thiazole rings is 1. The number of carbonyl (C=O) groups is 1. The molecule has 3 heterocycles. The lowest BCUT2D eigenvalue weighted by molar-refractivity contribution is 0.0775. The largest absolute Gasteiger partial charge is 0.372 e. The van der Waals surface area contributed by atoms with Gasteiger partial charge >= 0.3 is 0 Å². The van der Waals surface area contributed by atoms with Crippen LogP contribution in [-0.4, -0.2) is 40.5 Å². The summed E-state index contributed by atoms with van der Waals surface area (Å²) < 4.78 is 1.89. The van der Waals surface area contributed by atoms with Gasteiger partial charge < -0.3 is 14.4 Å². The fourth-order valence-electron chi connectivity index (χ4n) is 3.92. The Morgan fingerprint density at radius 1 is 1.17 bits per heavy atom. The summed E-state index contributed by atoms with van der Waals surface area (Å²) in [4.78, 5) is 21.8. The molecule has 0 N–H and O–H groups in total. The van der Waals surface area contributed by atoms with E-state index < -0.39 is 0 Å². The highest BCUT2D eigenvalue weighted by molar-refractivity contribution is 7.09. The van der Waals surface area contributed by atoms with Crippen LogP contribution in [0.4, 0.5) is 5.69 Å². The van der Waals surface area contributed by atoms with Crippen LogP contribution in [0.2, 0.25) is 0 Å². The molecule has 0 bridgehead atoms. The van der Waals surface area contributed by atoms with Gasteiger partial charge in [0.1, 0.15) is 5.69 Å². The van der Waals surface area contributed by atoms with E-state index in [4.69, 9.17) is 0 Å². The van der Waals surface area contributed by atoms with Crippen molar-refractivity contribution in [1.29, 1.82) is 0 Å². The van der Waals surface area contributed by atoms with E-state index in [9.17, 15) is 4.79 Å². The van der Waals surface area contributed by atoms with Gasteiger partial charge in [0.05, 0.1) is 10.7 Å². The second-order valence-electron chi connectivity index (χ2n) is 7.85. The Morgan fingerprint density at radius 2 is 1.90 bits per heavy atom. The molecule has 0 saturated carbocycles. The fourth-order valence-corrected chi connectivity index (χ4v) is 4.54. The van der Waals surface area contributed by atoms with Crippen molar-refractivity contribution in [3.8, 4) is 11.3 Å². The van der Waals surface area contributed by atoms with Crippen LogP contribution in [0.25, 0.3) is 11.3 Å². The van der Waals surface area contributed by atoms with Gasteiger partial charge in [-0.05, 0) is 49.9 Å². The average molecular weight is 409 g/mol. The van der Waals surface area contributed by atoms with Crippen LogP contribution in [0.3, 0.4) is 0 Å². The number of aryl methyl sites for hydroxylation is 2. The minimum Gasteiger partial charge on any atom is -0.372 e. The van der Waals surface area contributed by atoms with Crippen molar-refractivity contribution < 1.29 is 4.79 Å². The zero-order chi connectivity index (χ0) is 20.4. The molecule has 29 heavy (non-hydrogen) atoms. The minimum absolute atomic E-state index is 0.0193. The summed E-state index contributed by atoms with van der Waals surface area (Å²) in [7, 11) is 3.78. The Bertz CT molecular complexity index is 983. The van der Waals surface area contributed by atoms with Gasteiger partial charge in [0, 0.05) is 56.6 Å². The molecular weight excluding hydrogens is 380 g/mol. The van der Waals surface area contributed by atoms with E-state index in [-0.39, 0.29) is 5.91 Å². The molecule has 1 saturated heterocycles. The Kier molecular flexibility index (Phi) is 5.72. The maximum absolute atomic E-state index is 13.0. The average Bonchev–Trinajstić information content (AvgIpc) is 3.34. The smallest absolute Gasteiger partial charge is 0.270 e. The molecule has 0 aliphatic carbocycles. The molecule has 4 rings (SSSR count). The topological polar surface area (TPSA) is 41.4 Å². The predicted octanol–water partition coefficient (Wildman–Crippen LogP) is 4.72. The summed E-state index contributed by atoms with van der Waals surface area (Å²) >= 11 is 1.62. The number of amides is 1. The third-order valence-corrected chi connectivity index (χ3v) is 6.34. The fraction of sp³-hybridized carbons (Fsp3) is 0.391. The molecule has 3 aromatic rings. The first-order valence-corrected chi connectivity index (χ1v) is 11.1. The number of carbonyl (C=O) groups excluding carboxylic acids is 1. The molecular formula is C23H28N4OS. The van der Waals surface area contributed by atoms with Crippen LogP contribution in [-0.2, 0) is 13.6 Å². The van der Waals surface area contributed by atoms with Crippen molar-refractivity contribution in [1.82, 2.24) is 14.5 Å². The molecule has 1 aliphatic rings. The first-order chi connectivity index (χ1) is 14.0. The van der Waals surface area contributed by atoms with E-state index in [1.54, 1.807) is 16.2 Å². The molecule has 5 nitrogen and oxygen atoms in total. The van der Waals surface area contributed by atoms with Crippen molar-refractivity contribution in [3.63, 3.8) is 0 Å². The minimum atomic E-state index is 0.0193. The number of nitrogens with zero attached hydrogens (tertiary/aromatic N) is 4. The van der Waals surface area contributed by atoms with Gasteiger partial charge in [0.15, 0.2) is 0 Å². The molecule has 2 aromatic heterocycles. The maximum Gasteiger partial charge on any atom is 0.270 e. The number of piperidine rings is 1. The van der Waals surface area contributed by atoms with Crippen molar-refractivity contribution in [2.75, 3.05) is 25.0 Å². The second kappa shape index (κ2) is 8.41. The quantitative estimate of drug-likeness (QED) is 0.613. The molecule has 1 aliphatic heterocycles. The highest BCUT2D eigenvalue weighted by Crippen LogP contribution is 2.25. The number of aromatic nitrogens is 2. The molecule has 0 radical (unpaired) electrons. The van der Waals surface area contributed by atoms with Gasteiger partial charge in [0.25, 0.3) is 5.91 Å². The predicted molar refractivity (Wildman–Crippen MR) is 120 cm³/mol. The van der Waals surface area contributed by atoms with Crippen LogP contribution in [0.5, 0.6) is 0 Å². The Balaban J connectivity index is 1.43. The monoisotopic (exact) mass is 408 g/mol. The van der Waals surface area contributed by atoms with Gasteiger partial charge in [-0.2, -0.15) is 0 Å². The van der Waals surface area contributed by atoms with E-state index in [1.165, 1.54) is 24.9 Å². The molecule has 0 atom stereocenters. The van der Waals surface area contributed by atoms with Crippen molar-refractivity contribution in [3.05, 3.63) is 58.2 Å². The molecule has 1 amide bonds. The van der Waals surface area contributed by atoms with Crippen molar-refractivity contribution in [2.45, 2.75) is 32.7 Å². The summed E-state index contributed by atoms with van der Waals surface area (Å²) in [5, 5.41) is 3.06. The van der Waals surface area contributed by atoms with Gasteiger partial charge in [-0.25, -0.2) is 4.98 Å². The summed E-state index contributed by atoms with van der Waals surface area (Å²) in [6.07, 6.45) is 5.86. The lowest BCUT2D eigenvalue weighted by Gasteiger charge is -2.29. The highest BCUT2D eigenvalue weighted by Gasteiger charge is 2.18. The van der Waals surface area contributed by atoms with E-state index in [0.29, 0.717) is 12.2 Å². The molecule has 6 heteroatoms. The van der Waals surface area contributed by atoms with Crippen LogP contribution in [0, 0.1) is 6.92 Å². The number of hydrogen-bond donors (Lipinski definition) is 0. The van der Waals surface area contributed by atoms with Crippen LogP contribution < -0.4 is 4.90 Å². The van der Waals surface area contributed by atoms with E-state index in [2.05, 4.69) is 34.1 Å². The number of anilines is 1. The SMILES string of the molecule is Cc1nc(-c2cc(C(=O)N(C)Cc3ccc(N4CCCCC4)cc3)n(C)c2)cs1. The first-order valence-electron chi connectivity index (χ1n) is 10.2. The van der Waals surface area contributed by atoms with Gasteiger partial charge in [-0.15, -0.1) is 11.3 Å². The van der Waals surface area contributed by atoms with Crippen LogP contribution in [0.15, 0.2) is 41.9 Å². The Hall–Kier alpha value is -2.60. The van der Waals surface area contributed by atoms with E-state index in [0.717, 1.165) is 34.9 Å². The molecule has 0 unspecified atom stereocenters. The van der Waals surface area contributed by atoms with Gasteiger partial charge in [0.2, 0.25) is 0 Å². The lowest BCUT2D eigenvalue weighted by Crippen LogP contribution is -2.29. The van der Waals surface area contributed by atoms with Crippen LogP contribution >= 0.6 is 11.3 Å². The van der Waals surface area contributed by atoms with Crippen molar-refractivity contribution >= 4 is 22.9 Å². The summed E-state index contributed by atoms with van der Waals surface area (Å²) in [5.74, 6) is 0.0193. The lowest BCUT2D eigenvalue weighted by atomic mass is 10.1. The summed E-state index contributed by atoms with van der Waals surface area (Å²) in [5.41, 5.74) is 5.02. The third kappa shape index (κ3) is 4.37. The third-order valence-electron chi connectivity index (χ3n) is 5.56.